The lowest BCUT2D eigenvalue weighted by Gasteiger charge is -2.23. The predicted octanol–water partition coefficient (Wildman–Crippen LogP) is 3.96. The van der Waals surface area contributed by atoms with Crippen molar-refractivity contribution >= 4 is 50.9 Å². The zero-order chi connectivity index (χ0) is 33.1. The Labute approximate surface area is 264 Å². The summed E-state index contributed by atoms with van der Waals surface area (Å²) in [7, 11) is -4.67. The molecule has 0 bridgehead atoms. The molecule has 0 aliphatic carbocycles. The number of fused-ring (bicyclic) bond motifs is 1. The third-order valence-electron chi connectivity index (χ3n) is 6.88. The number of aliphatic hydroxyl groups excluding tert-OH is 1. The molecule has 1 aliphatic rings. The molecule has 0 spiro atoms. The summed E-state index contributed by atoms with van der Waals surface area (Å²) in [6.07, 6.45) is 0. The number of amides is 1. The topological polar surface area (TPSA) is 201 Å². The predicted molar refractivity (Wildman–Crippen MR) is 167 cm³/mol. The molecule has 1 unspecified atom stereocenters. The van der Waals surface area contributed by atoms with Crippen molar-refractivity contribution in [1.82, 2.24) is 20.2 Å². The van der Waals surface area contributed by atoms with E-state index in [2.05, 4.69) is 29.8 Å². The van der Waals surface area contributed by atoms with Crippen LogP contribution in [0.25, 0.3) is 0 Å². The molecule has 2 aromatic carbocycles. The third-order valence-corrected chi connectivity index (χ3v) is 8.26. The van der Waals surface area contributed by atoms with Gasteiger partial charge in [0.2, 0.25) is 5.82 Å². The van der Waals surface area contributed by atoms with Crippen molar-refractivity contribution in [3.8, 4) is 0 Å². The minimum atomic E-state index is -4.67. The van der Waals surface area contributed by atoms with E-state index in [1.807, 2.05) is 52.8 Å². The zero-order valence-electron chi connectivity index (χ0n) is 25.5. The first kappa shape index (κ1) is 34.2. The number of aryl methyl sites for hydroxylation is 1. The number of aromatic nitrogens is 3. The van der Waals surface area contributed by atoms with Crippen molar-refractivity contribution in [1.29, 1.82) is 0 Å². The fraction of sp³-hybridized carbons (Fsp3) is 0.393. The molecule has 4 rings (SSSR count). The summed E-state index contributed by atoms with van der Waals surface area (Å²) in [6, 6.07) is 8.44. The van der Waals surface area contributed by atoms with Crippen LogP contribution in [0.2, 0.25) is 0 Å². The van der Waals surface area contributed by atoms with E-state index in [-0.39, 0.29) is 17.1 Å². The van der Waals surface area contributed by atoms with Crippen LogP contribution in [0.4, 0.5) is 11.4 Å². The van der Waals surface area contributed by atoms with Gasteiger partial charge in [-0.25, -0.2) is 10.2 Å². The Morgan fingerprint density at radius 1 is 1.20 bits per heavy atom. The van der Waals surface area contributed by atoms with Crippen LogP contribution in [0.3, 0.4) is 0 Å². The van der Waals surface area contributed by atoms with Crippen LogP contribution < -0.4 is 10.2 Å². The Morgan fingerprint density at radius 2 is 1.93 bits per heavy atom. The largest absolute Gasteiger partial charge is 0.395 e. The van der Waals surface area contributed by atoms with E-state index in [1.54, 1.807) is 6.92 Å². The highest BCUT2D eigenvalue weighted by Gasteiger charge is 2.36. The SMILES string of the molecule is CCN(CCO)c1ccc(N=C2C(C(C)(C)C)=Nn3c2nnc3C(C)NC(=O)c2cc(SOOO)cc(S(=O)(=O)O)c2)c(C)c1. The van der Waals surface area contributed by atoms with E-state index in [0.29, 0.717) is 47.3 Å². The molecular weight excluding hydrogens is 626 g/mol. The van der Waals surface area contributed by atoms with Crippen molar-refractivity contribution in [3.63, 3.8) is 0 Å². The van der Waals surface area contributed by atoms with E-state index >= 15 is 0 Å². The normalized spacial score (nSPS) is 14.8. The molecule has 0 saturated carbocycles. The summed E-state index contributed by atoms with van der Waals surface area (Å²) in [5.74, 6) is 0.00254. The minimum absolute atomic E-state index is 0.0469. The van der Waals surface area contributed by atoms with Gasteiger partial charge in [-0.2, -0.15) is 18.2 Å². The molecule has 0 fully saturated rings. The molecule has 0 radical (unpaired) electrons. The number of anilines is 1. The van der Waals surface area contributed by atoms with Gasteiger partial charge >= 0.3 is 0 Å². The smallest absolute Gasteiger partial charge is 0.294 e. The van der Waals surface area contributed by atoms with Crippen molar-refractivity contribution in [2.24, 2.45) is 15.5 Å². The van der Waals surface area contributed by atoms with Crippen LogP contribution in [0, 0.1) is 12.3 Å². The van der Waals surface area contributed by atoms with Gasteiger partial charge in [0.25, 0.3) is 16.0 Å². The molecule has 3 aromatic rings. The number of nitrogens with zero attached hydrogens (tertiary/aromatic N) is 6. The minimum Gasteiger partial charge on any atom is -0.395 e. The molecule has 242 valence electrons. The number of hydrogen-bond acceptors (Lipinski definition) is 13. The molecule has 45 heavy (non-hydrogen) atoms. The van der Waals surface area contributed by atoms with Crippen molar-refractivity contribution in [2.45, 2.75) is 57.4 Å². The second-order valence-corrected chi connectivity index (χ2v) is 13.4. The molecule has 2 heterocycles. The van der Waals surface area contributed by atoms with Gasteiger partial charge in [0, 0.05) is 34.7 Å². The maximum absolute atomic E-state index is 13.2. The average molecular weight is 662 g/mol. The van der Waals surface area contributed by atoms with Gasteiger partial charge in [0.1, 0.15) is 5.71 Å². The van der Waals surface area contributed by atoms with E-state index in [9.17, 15) is 22.9 Å². The lowest BCUT2D eigenvalue weighted by molar-refractivity contribution is -0.432. The number of aliphatic hydroxyl groups is 1. The van der Waals surface area contributed by atoms with E-state index < -0.39 is 32.4 Å². The van der Waals surface area contributed by atoms with Gasteiger partial charge in [-0.15, -0.1) is 14.5 Å². The summed E-state index contributed by atoms with van der Waals surface area (Å²) in [5.41, 5.74) is 3.26. The first-order chi connectivity index (χ1) is 21.2. The summed E-state index contributed by atoms with van der Waals surface area (Å²) in [4.78, 5) is 19.7. The number of hydrogen-bond donors (Lipinski definition) is 4. The molecule has 15 nitrogen and oxygen atoms in total. The standard InChI is InChI=1S/C28H35N7O8S2/c1-7-34(10-11-36)19-8-9-22(16(2)12-19)30-23-24(28(4,5)6)33-35-25(31-32-26(23)35)17(3)29-27(37)18-13-20(44-43-42-38)15-21(14-18)45(39,40)41/h8-9,12-15,17,36,38H,7,10-11H2,1-6H3,(H,29,37)(H,39,40,41). The Morgan fingerprint density at radius 3 is 2.53 bits per heavy atom. The van der Waals surface area contributed by atoms with Crippen molar-refractivity contribution in [2.75, 3.05) is 24.6 Å². The fourth-order valence-corrected chi connectivity index (χ4v) is 5.73. The van der Waals surface area contributed by atoms with E-state index in [1.165, 1.54) is 10.7 Å². The Bertz CT molecular complexity index is 1750. The molecule has 1 aliphatic heterocycles. The summed E-state index contributed by atoms with van der Waals surface area (Å²) in [6.45, 7) is 12.9. The van der Waals surface area contributed by atoms with Crippen LogP contribution in [0.5, 0.6) is 0 Å². The Balaban J connectivity index is 1.67. The summed E-state index contributed by atoms with van der Waals surface area (Å²) < 4.78 is 39.0. The second-order valence-electron chi connectivity index (χ2n) is 11.2. The van der Waals surface area contributed by atoms with Gasteiger partial charge in [-0.1, -0.05) is 25.8 Å². The average Bonchev–Trinajstić information content (AvgIpc) is 3.55. The second kappa shape index (κ2) is 13.7. The first-order valence-electron chi connectivity index (χ1n) is 13.9. The lowest BCUT2D eigenvalue weighted by Crippen LogP contribution is -2.28. The van der Waals surface area contributed by atoms with Crippen LogP contribution in [0.15, 0.2) is 56.3 Å². The van der Waals surface area contributed by atoms with E-state index in [4.69, 9.17) is 15.4 Å². The molecule has 0 saturated heterocycles. The lowest BCUT2D eigenvalue weighted by atomic mass is 9.87. The van der Waals surface area contributed by atoms with Gasteiger partial charge < -0.3 is 15.3 Å². The fourth-order valence-electron chi connectivity index (χ4n) is 4.64. The quantitative estimate of drug-likeness (QED) is 0.0944. The molecule has 4 N–H and O–H groups in total. The Hall–Kier alpha value is -3.71. The van der Waals surface area contributed by atoms with Gasteiger partial charge in [0.05, 0.1) is 41.0 Å². The summed E-state index contributed by atoms with van der Waals surface area (Å²) in [5, 5.41) is 37.6. The van der Waals surface area contributed by atoms with Gasteiger partial charge in [-0.05, 0) is 62.7 Å². The number of carbonyl (C=O) groups is 1. The maximum atomic E-state index is 13.2. The number of nitrogens with one attached hydrogen (secondary N) is 1. The Kier molecular flexibility index (Phi) is 10.4. The molecular formula is C28H35N7O8S2. The number of rotatable bonds is 12. The van der Waals surface area contributed by atoms with Crippen molar-refractivity contribution in [3.05, 3.63) is 59.2 Å². The summed E-state index contributed by atoms with van der Waals surface area (Å²) >= 11 is 0.427. The van der Waals surface area contributed by atoms with E-state index in [0.717, 1.165) is 29.9 Å². The van der Waals surface area contributed by atoms with Crippen LogP contribution in [0.1, 0.15) is 68.2 Å². The van der Waals surface area contributed by atoms with Crippen molar-refractivity contribution < 1.29 is 37.5 Å². The highest BCUT2D eigenvalue weighted by atomic mass is 32.2. The first-order valence-corrected chi connectivity index (χ1v) is 16.0. The molecule has 17 heteroatoms. The monoisotopic (exact) mass is 661 g/mol. The third kappa shape index (κ3) is 7.75. The molecule has 1 atom stereocenters. The van der Waals surface area contributed by atoms with Crippen LogP contribution in [-0.2, 0) is 19.5 Å². The van der Waals surface area contributed by atoms with Gasteiger partial charge in [-0.3, -0.25) is 9.35 Å². The molecule has 1 aromatic heterocycles. The molecule has 1 amide bonds. The number of benzene rings is 2. The number of aliphatic imine (C=N–C) groups is 1. The van der Waals surface area contributed by atoms with Gasteiger partial charge in [0.15, 0.2) is 5.82 Å². The van der Waals surface area contributed by atoms with Crippen LogP contribution in [-0.4, -0.2) is 75.2 Å². The number of likely N-dealkylation sites (N-methyl/N-ethyl adjacent to an activating group) is 1. The maximum Gasteiger partial charge on any atom is 0.294 e. The zero-order valence-corrected chi connectivity index (χ0v) is 27.2. The number of carbonyl (C=O) groups excluding carboxylic acids is 1. The highest BCUT2D eigenvalue weighted by molar-refractivity contribution is 7.94. The highest BCUT2D eigenvalue weighted by Crippen LogP contribution is 2.31. The van der Waals surface area contributed by atoms with Crippen LogP contribution >= 0.6 is 12.0 Å².